The van der Waals surface area contributed by atoms with Gasteiger partial charge in [0.15, 0.2) is 0 Å². The van der Waals surface area contributed by atoms with Gasteiger partial charge < -0.3 is 4.74 Å². The van der Waals surface area contributed by atoms with Gasteiger partial charge in [0.05, 0.1) is 0 Å². The van der Waals surface area contributed by atoms with Crippen LogP contribution in [0.15, 0.2) is 56.7 Å². The zero-order valence-electron chi connectivity index (χ0n) is 9.31. The number of ether oxygens (including phenoxy) is 1. The normalized spacial score (nSPS) is 17.2. The van der Waals surface area contributed by atoms with Crippen LogP contribution in [0.4, 0.5) is 0 Å². The van der Waals surface area contributed by atoms with Crippen molar-refractivity contribution in [3.05, 3.63) is 46.9 Å². The van der Waals surface area contributed by atoms with Crippen LogP contribution < -0.4 is 4.74 Å². The van der Waals surface area contributed by atoms with Crippen molar-refractivity contribution in [1.29, 1.82) is 0 Å². The molecule has 0 saturated carbocycles. The Hall–Kier alpha value is -1.06. The van der Waals surface area contributed by atoms with Crippen molar-refractivity contribution in [2.45, 2.75) is 16.7 Å². The smallest absolute Gasteiger partial charge is 0.140 e. The number of para-hydroxylation sites is 1. The highest BCUT2D eigenvalue weighted by atomic mass is 79.9. The molecule has 2 aromatic rings. The van der Waals surface area contributed by atoms with Crippen molar-refractivity contribution >= 4 is 31.8 Å². The predicted molar refractivity (Wildman–Crippen MR) is 76.5 cm³/mol. The van der Waals surface area contributed by atoms with Gasteiger partial charge in [0.25, 0.3) is 0 Å². The van der Waals surface area contributed by atoms with E-state index < -0.39 is 0 Å². The first-order chi connectivity index (χ1) is 8.29. The van der Waals surface area contributed by atoms with Gasteiger partial charge in [-0.3, -0.25) is 0 Å². The average Bonchev–Trinajstić information content (AvgIpc) is 2.36. The Morgan fingerprint density at radius 3 is 2.65 bits per heavy atom. The molecule has 0 amide bonds. The highest BCUT2D eigenvalue weighted by Crippen LogP contribution is 2.51. The molecule has 0 bridgehead atoms. The van der Waals surface area contributed by atoms with Crippen molar-refractivity contribution in [3.8, 4) is 11.5 Å². The number of halogens is 1. The van der Waals surface area contributed by atoms with Gasteiger partial charge in [-0.2, -0.15) is 0 Å². The fourth-order valence-electron chi connectivity index (χ4n) is 1.95. The van der Waals surface area contributed by atoms with E-state index in [2.05, 4.69) is 46.4 Å². The fraction of sp³-hybridized carbons (Fsp3) is 0.0714. The first kappa shape index (κ1) is 11.1. The molecule has 1 aliphatic heterocycles. The second kappa shape index (κ2) is 4.31. The Morgan fingerprint density at radius 2 is 1.82 bits per heavy atom. The lowest BCUT2D eigenvalue weighted by Crippen LogP contribution is -1.97. The van der Waals surface area contributed by atoms with Crippen molar-refractivity contribution < 1.29 is 4.74 Å². The summed E-state index contributed by atoms with van der Waals surface area (Å²) in [5.41, 5.74) is 0. The molecule has 0 spiro atoms. The van der Waals surface area contributed by atoms with Gasteiger partial charge in [-0.05, 0) is 37.3 Å². The first-order valence-electron chi connectivity index (χ1n) is 5.38. The number of fused-ring (bicyclic) bond motifs is 2. The van der Waals surface area contributed by atoms with E-state index in [9.17, 15) is 0 Å². The van der Waals surface area contributed by atoms with Crippen LogP contribution in [0.2, 0.25) is 0 Å². The molecule has 0 fully saturated rings. The van der Waals surface area contributed by atoms with Gasteiger partial charge in [-0.25, -0.2) is 0 Å². The molecule has 17 heavy (non-hydrogen) atoms. The topological polar surface area (TPSA) is 9.23 Å². The maximum Gasteiger partial charge on any atom is 0.140 e. The maximum atomic E-state index is 5.93. The van der Waals surface area contributed by atoms with E-state index in [0.29, 0.717) is 0 Å². The second-order valence-corrected chi connectivity index (χ2v) is 6.66. The molecule has 1 aliphatic rings. The van der Waals surface area contributed by atoms with Gasteiger partial charge in [0.1, 0.15) is 11.5 Å². The van der Waals surface area contributed by atoms with Crippen LogP contribution in [0.3, 0.4) is 0 Å². The van der Waals surface area contributed by atoms with E-state index >= 15 is 0 Å². The fourth-order valence-corrected chi connectivity index (χ4v) is 4.33. The number of hydrogen-bond acceptors (Lipinski definition) is 1. The third-order valence-corrected chi connectivity index (χ3v) is 5.25. The molecule has 1 unspecified atom stereocenters. The third-order valence-electron chi connectivity index (χ3n) is 2.68. The maximum absolute atomic E-state index is 5.93. The molecule has 1 heterocycles. The summed E-state index contributed by atoms with van der Waals surface area (Å²) in [5.74, 6) is 1.94. The third kappa shape index (κ3) is 1.83. The molecule has 0 N–H and O–H groups in total. The molecular formula is C14H11BrOS. The van der Waals surface area contributed by atoms with Gasteiger partial charge in [0, 0.05) is 14.3 Å². The van der Waals surface area contributed by atoms with Crippen LogP contribution in [0.25, 0.3) is 0 Å². The Labute approximate surface area is 111 Å². The lowest BCUT2D eigenvalue weighted by atomic mass is 10.3. The zero-order valence-corrected chi connectivity index (χ0v) is 11.7. The molecule has 86 valence electrons. The summed E-state index contributed by atoms with van der Waals surface area (Å²) < 4.78 is 7.03. The molecule has 3 heteroatoms. The van der Waals surface area contributed by atoms with Crippen molar-refractivity contribution in [2.24, 2.45) is 0 Å². The minimum absolute atomic E-state index is 0.00823. The number of rotatable bonds is 0. The van der Waals surface area contributed by atoms with Crippen LogP contribution >= 0.6 is 26.4 Å². The molecule has 0 aromatic heterocycles. The summed E-state index contributed by atoms with van der Waals surface area (Å²) >= 11 is 3.52. The summed E-state index contributed by atoms with van der Waals surface area (Å²) in [4.78, 5) is 2.51. The summed E-state index contributed by atoms with van der Waals surface area (Å²) in [6.45, 7) is 2.11. The Bertz CT molecular complexity index is 619. The minimum Gasteiger partial charge on any atom is -0.455 e. The monoisotopic (exact) mass is 306 g/mol. The molecule has 0 aliphatic carbocycles. The molecule has 3 rings (SSSR count). The van der Waals surface area contributed by atoms with Crippen LogP contribution in [-0.4, -0.2) is 5.37 Å². The summed E-state index contributed by atoms with van der Waals surface area (Å²) in [5, 5.41) is 2.24. The highest BCUT2D eigenvalue weighted by Gasteiger charge is 2.19. The summed E-state index contributed by atoms with van der Waals surface area (Å²) in [6, 6.07) is 14.4. The van der Waals surface area contributed by atoms with Crippen LogP contribution in [0, 0.1) is 0 Å². The lowest BCUT2D eigenvalue weighted by Gasteiger charge is -2.23. The largest absolute Gasteiger partial charge is 0.455 e. The summed E-state index contributed by atoms with van der Waals surface area (Å²) in [6.07, 6.45) is 0. The average molecular weight is 307 g/mol. The van der Waals surface area contributed by atoms with Gasteiger partial charge in [-0.1, -0.05) is 33.4 Å². The summed E-state index contributed by atoms with van der Waals surface area (Å²) in [7, 11) is 0.00823. The van der Waals surface area contributed by atoms with Gasteiger partial charge in [-0.15, -0.1) is 10.5 Å². The van der Waals surface area contributed by atoms with Crippen LogP contribution in [0.1, 0.15) is 6.92 Å². The van der Waals surface area contributed by atoms with Crippen LogP contribution in [0.5, 0.6) is 11.5 Å². The van der Waals surface area contributed by atoms with E-state index in [-0.39, 0.29) is 10.5 Å². The van der Waals surface area contributed by atoms with Crippen LogP contribution in [-0.2, 0) is 0 Å². The predicted octanol–water partition coefficient (Wildman–Crippen LogP) is 5.06. The molecule has 2 aromatic carbocycles. The van der Waals surface area contributed by atoms with Crippen molar-refractivity contribution in [1.82, 2.24) is 0 Å². The van der Waals surface area contributed by atoms with E-state index in [1.807, 2.05) is 24.3 Å². The Balaban J connectivity index is 2.27. The first-order valence-corrected chi connectivity index (χ1v) is 7.46. The zero-order chi connectivity index (χ0) is 11.8. The molecular weight excluding hydrogens is 296 g/mol. The molecule has 1 atom stereocenters. The Morgan fingerprint density at radius 1 is 1.06 bits per heavy atom. The molecule has 1 nitrogen and oxygen atoms in total. The van der Waals surface area contributed by atoms with E-state index in [4.69, 9.17) is 4.74 Å². The van der Waals surface area contributed by atoms with Gasteiger partial charge >= 0.3 is 0 Å². The van der Waals surface area contributed by atoms with E-state index in [0.717, 1.165) is 16.0 Å². The lowest BCUT2D eigenvalue weighted by molar-refractivity contribution is 0.454. The second-order valence-electron chi connectivity index (χ2n) is 3.71. The SMILES string of the molecule is C/C=S1\c2ccccc2Oc2ccc(Br)cc21. The van der Waals surface area contributed by atoms with E-state index in [1.54, 1.807) is 0 Å². The Kier molecular flexibility index (Phi) is 2.81. The van der Waals surface area contributed by atoms with Crippen molar-refractivity contribution in [3.63, 3.8) is 0 Å². The molecule has 0 saturated heterocycles. The minimum atomic E-state index is 0.00823. The van der Waals surface area contributed by atoms with Crippen molar-refractivity contribution in [2.75, 3.05) is 0 Å². The molecule has 0 radical (unpaired) electrons. The number of hydrogen-bond donors (Lipinski definition) is 0. The van der Waals surface area contributed by atoms with Gasteiger partial charge in [0.2, 0.25) is 0 Å². The number of benzene rings is 2. The quantitative estimate of drug-likeness (QED) is 0.527. The highest BCUT2D eigenvalue weighted by molar-refractivity contribution is 9.10. The van der Waals surface area contributed by atoms with E-state index in [1.165, 1.54) is 9.79 Å². The standard InChI is InChI=1S/C14H11BrOS/c1-2-17-13-6-4-3-5-11(13)16-12-8-7-10(15)9-14(12)17/h2-9H,1H3.